The first kappa shape index (κ1) is 9.05. The van der Waals surface area contributed by atoms with Crippen LogP contribution in [0.1, 0.15) is 6.92 Å². The van der Waals surface area contributed by atoms with Crippen molar-refractivity contribution in [3.63, 3.8) is 0 Å². The molecule has 0 atom stereocenters. The SMILES string of the molecule is CCNc1nc(SC)nc(=O)[nH]1. The minimum atomic E-state index is -0.370. The van der Waals surface area contributed by atoms with E-state index in [1.165, 1.54) is 11.8 Å². The Morgan fingerprint density at radius 1 is 1.58 bits per heavy atom. The second-order valence-corrected chi connectivity index (χ2v) is 2.79. The van der Waals surface area contributed by atoms with E-state index in [4.69, 9.17) is 0 Å². The molecule has 0 aromatic carbocycles. The van der Waals surface area contributed by atoms with E-state index in [-0.39, 0.29) is 5.69 Å². The Labute approximate surface area is 74.0 Å². The van der Waals surface area contributed by atoms with Crippen molar-refractivity contribution in [3.8, 4) is 0 Å². The molecule has 0 unspecified atom stereocenters. The van der Waals surface area contributed by atoms with Crippen LogP contribution in [0.15, 0.2) is 9.95 Å². The first-order chi connectivity index (χ1) is 5.76. The number of thioether (sulfide) groups is 1. The van der Waals surface area contributed by atoms with Crippen molar-refractivity contribution >= 4 is 17.7 Å². The molecule has 2 N–H and O–H groups in total. The molecule has 1 aromatic heterocycles. The maximum Gasteiger partial charge on any atom is 0.350 e. The smallest absolute Gasteiger partial charge is 0.350 e. The largest absolute Gasteiger partial charge is 0.356 e. The van der Waals surface area contributed by atoms with Gasteiger partial charge in [-0.05, 0) is 13.2 Å². The van der Waals surface area contributed by atoms with Crippen LogP contribution in [-0.2, 0) is 0 Å². The lowest BCUT2D eigenvalue weighted by atomic mass is 10.7. The van der Waals surface area contributed by atoms with Gasteiger partial charge in [-0.3, -0.25) is 4.98 Å². The highest BCUT2D eigenvalue weighted by molar-refractivity contribution is 7.98. The first-order valence-electron chi connectivity index (χ1n) is 3.52. The van der Waals surface area contributed by atoms with Gasteiger partial charge in [-0.15, -0.1) is 0 Å². The van der Waals surface area contributed by atoms with Gasteiger partial charge in [0.25, 0.3) is 0 Å². The molecule has 0 fully saturated rings. The number of hydrogen-bond donors (Lipinski definition) is 2. The molecule has 0 saturated heterocycles. The number of H-pyrrole nitrogens is 1. The molecule has 12 heavy (non-hydrogen) atoms. The van der Waals surface area contributed by atoms with Gasteiger partial charge in [0.1, 0.15) is 0 Å². The molecule has 0 aliphatic carbocycles. The number of nitrogens with one attached hydrogen (secondary N) is 2. The molecule has 0 saturated carbocycles. The average molecular weight is 186 g/mol. The molecule has 0 radical (unpaired) electrons. The van der Waals surface area contributed by atoms with Gasteiger partial charge in [0.2, 0.25) is 5.95 Å². The Balaban J connectivity index is 2.98. The third kappa shape index (κ3) is 2.23. The Kier molecular flexibility index (Phi) is 3.09. The van der Waals surface area contributed by atoms with E-state index in [2.05, 4.69) is 20.3 Å². The number of nitrogens with zero attached hydrogens (tertiary/aromatic N) is 2. The van der Waals surface area contributed by atoms with E-state index in [1.807, 2.05) is 13.2 Å². The maximum absolute atomic E-state index is 10.9. The van der Waals surface area contributed by atoms with Crippen molar-refractivity contribution in [2.24, 2.45) is 0 Å². The van der Waals surface area contributed by atoms with Gasteiger partial charge in [-0.25, -0.2) is 4.79 Å². The number of aromatic nitrogens is 3. The third-order valence-corrected chi connectivity index (χ3v) is 1.70. The summed E-state index contributed by atoms with van der Waals surface area (Å²) in [5.41, 5.74) is -0.370. The summed E-state index contributed by atoms with van der Waals surface area (Å²) in [4.78, 5) is 21.0. The first-order valence-corrected chi connectivity index (χ1v) is 4.75. The zero-order chi connectivity index (χ0) is 8.97. The zero-order valence-corrected chi connectivity index (χ0v) is 7.73. The van der Waals surface area contributed by atoms with E-state index in [0.29, 0.717) is 11.1 Å². The van der Waals surface area contributed by atoms with Crippen LogP contribution < -0.4 is 11.0 Å². The normalized spacial score (nSPS) is 9.83. The molecular formula is C6H10N4OS. The van der Waals surface area contributed by atoms with Gasteiger partial charge in [0.05, 0.1) is 0 Å². The fourth-order valence-corrected chi connectivity index (χ4v) is 1.06. The van der Waals surface area contributed by atoms with Gasteiger partial charge in [-0.1, -0.05) is 11.8 Å². The summed E-state index contributed by atoms with van der Waals surface area (Å²) in [6, 6.07) is 0. The van der Waals surface area contributed by atoms with Crippen LogP contribution in [0.3, 0.4) is 0 Å². The Hall–Kier alpha value is -1.04. The molecule has 0 amide bonds. The van der Waals surface area contributed by atoms with Gasteiger partial charge in [-0.2, -0.15) is 9.97 Å². The minimum Gasteiger partial charge on any atom is -0.356 e. The van der Waals surface area contributed by atoms with Gasteiger partial charge >= 0.3 is 5.69 Å². The van der Waals surface area contributed by atoms with Crippen molar-refractivity contribution in [2.75, 3.05) is 18.1 Å². The van der Waals surface area contributed by atoms with Crippen LogP contribution in [0, 0.1) is 0 Å². The standard InChI is InChI=1S/C6H10N4OS/c1-3-7-4-8-5(11)10-6(9-4)12-2/h3H2,1-2H3,(H2,7,8,9,10,11). The zero-order valence-electron chi connectivity index (χ0n) is 6.92. The van der Waals surface area contributed by atoms with Crippen molar-refractivity contribution in [1.29, 1.82) is 0 Å². The lowest BCUT2D eigenvalue weighted by Gasteiger charge is -2.00. The molecule has 6 heteroatoms. The van der Waals surface area contributed by atoms with Crippen molar-refractivity contribution in [3.05, 3.63) is 10.5 Å². The number of anilines is 1. The minimum absolute atomic E-state index is 0.370. The Morgan fingerprint density at radius 2 is 2.33 bits per heavy atom. The second-order valence-electron chi connectivity index (χ2n) is 2.02. The van der Waals surface area contributed by atoms with E-state index in [9.17, 15) is 4.79 Å². The molecule has 0 aliphatic heterocycles. The van der Waals surface area contributed by atoms with Crippen molar-refractivity contribution in [1.82, 2.24) is 15.0 Å². The molecule has 0 aliphatic rings. The van der Waals surface area contributed by atoms with E-state index in [0.717, 1.165) is 6.54 Å². The van der Waals surface area contributed by atoms with Crippen LogP contribution in [0.25, 0.3) is 0 Å². The second kappa shape index (κ2) is 4.10. The summed E-state index contributed by atoms with van der Waals surface area (Å²) >= 11 is 1.34. The highest BCUT2D eigenvalue weighted by Gasteiger charge is 1.98. The monoisotopic (exact) mass is 186 g/mol. The average Bonchev–Trinajstić information content (AvgIpc) is 2.04. The lowest BCUT2D eigenvalue weighted by molar-refractivity contribution is 0.861. The Bertz CT molecular complexity index is 311. The molecular weight excluding hydrogens is 176 g/mol. The molecule has 0 bridgehead atoms. The topological polar surface area (TPSA) is 70.7 Å². The summed E-state index contributed by atoms with van der Waals surface area (Å²) < 4.78 is 0. The molecule has 5 nitrogen and oxygen atoms in total. The quantitative estimate of drug-likeness (QED) is 0.665. The van der Waals surface area contributed by atoms with E-state index < -0.39 is 0 Å². The number of aromatic amines is 1. The van der Waals surface area contributed by atoms with Crippen LogP contribution in [0.5, 0.6) is 0 Å². The fourth-order valence-electron chi connectivity index (χ4n) is 0.707. The predicted octanol–water partition coefficient (Wildman–Crippen LogP) is 0.319. The molecule has 1 aromatic rings. The molecule has 1 rings (SSSR count). The van der Waals surface area contributed by atoms with Crippen molar-refractivity contribution in [2.45, 2.75) is 12.1 Å². The summed E-state index contributed by atoms with van der Waals surface area (Å²) in [6.45, 7) is 2.65. The summed E-state index contributed by atoms with van der Waals surface area (Å²) in [5, 5.41) is 3.38. The van der Waals surface area contributed by atoms with Gasteiger partial charge in [0.15, 0.2) is 5.16 Å². The van der Waals surface area contributed by atoms with Crippen LogP contribution in [-0.4, -0.2) is 27.8 Å². The van der Waals surface area contributed by atoms with Gasteiger partial charge in [0, 0.05) is 6.54 Å². The van der Waals surface area contributed by atoms with Gasteiger partial charge < -0.3 is 5.32 Å². The fraction of sp³-hybridized carbons (Fsp3) is 0.500. The number of hydrogen-bond acceptors (Lipinski definition) is 5. The highest BCUT2D eigenvalue weighted by atomic mass is 32.2. The van der Waals surface area contributed by atoms with E-state index in [1.54, 1.807) is 0 Å². The Morgan fingerprint density at radius 3 is 2.92 bits per heavy atom. The summed E-state index contributed by atoms with van der Waals surface area (Å²) in [5.74, 6) is 0.474. The van der Waals surface area contributed by atoms with Crippen molar-refractivity contribution < 1.29 is 0 Å². The molecule has 1 heterocycles. The third-order valence-electron chi connectivity index (χ3n) is 1.16. The lowest BCUT2D eigenvalue weighted by Crippen LogP contribution is -2.16. The van der Waals surface area contributed by atoms with Crippen LogP contribution in [0.4, 0.5) is 5.95 Å². The predicted molar refractivity (Wildman–Crippen MR) is 48.6 cm³/mol. The van der Waals surface area contributed by atoms with E-state index >= 15 is 0 Å². The van der Waals surface area contributed by atoms with Crippen LogP contribution in [0.2, 0.25) is 0 Å². The summed E-state index contributed by atoms with van der Waals surface area (Å²) in [7, 11) is 0. The number of rotatable bonds is 3. The molecule has 0 spiro atoms. The highest BCUT2D eigenvalue weighted by Crippen LogP contribution is 2.05. The summed E-state index contributed by atoms with van der Waals surface area (Å²) in [6.07, 6.45) is 1.82. The maximum atomic E-state index is 10.9. The van der Waals surface area contributed by atoms with Crippen LogP contribution >= 0.6 is 11.8 Å². The molecule has 66 valence electrons.